The van der Waals surface area contributed by atoms with Crippen LogP contribution in [-0.2, 0) is 6.42 Å². The van der Waals surface area contributed by atoms with Crippen molar-refractivity contribution in [2.75, 3.05) is 0 Å². The number of aromatic carboxylic acids is 1. The number of aromatic amines is 1. The minimum atomic E-state index is -1.20. The van der Waals surface area contributed by atoms with E-state index in [1.54, 1.807) is 23.0 Å². The SMILES string of the molecule is CCCCc1n[nH]c(=S)n1/N=C\c1ccc(C(=O)[O-])cc1. The number of nitrogens with zero attached hydrogens (tertiary/aromatic N) is 3. The Morgan fingerprint density at radius 2 is 2.19 bits per heavy atom. The van der Waals surface area contributed by atoms with E-state index in [9.17, 15) is 9.90 Å². The molecule has 0 spiro atoms. The topological polar surface area (TPSA) is 86.1 Å². The molecule has 0 atom stereocenters. The highest BCUT2D eigenvalue weighted by molar-refractivity contribution is 7.71. The summed E-state index contributed by atoms with van der Waals surface area (Å²) in [6.45, 7) is 2.10. The van der Waals surface area contributed by atoms with Crippen molar-refractivity contribution in [2.24, 2.45) is 5.10 Å². The van der Waals surface area contributed by atoms with Gasteiger partial charge in [-0.2, -0.15) is 14.9 Å². The van der Waals surface area contributed by atoms with E-state index in [1.165, 1.54) is 12.1 Å². The third kappa shape index (κ3) is 3.85. The van der Waals surface area contributed by atoms with Crippen LogP contribution in [0.4, 0.5) is 0 Å². The largest absolute Gasteiger partial charge is 0.545 e. The highest BCUT2D eigenvalue weighted by Crippen LogP contribution is 2.05. The molecule has 110 valence electrons. The van der Waals surface area contributed by atoms with Crippen molar-refractivity contribution < 1.29 is 9.90 Å². The van der Waals surface area contributed by atoms with E-state index >= 15 is 0 Å². The number of carbonyl (C=O) groups excluding carboxylic acids is 1. The van der Waals surface area contributed by atoms with Gasteiger partial charge in [-0.05, 0) is 29.8 Å². The summed E-state index contributed by atoms with van der Waals surface area (Å²) in [6, 6.07) is 6.26. The molecule has 1 aromatic carbocycles. The van der Waals surface area contributed by atoms with Crippen LogP contribution in [0.2, 0.25) is 0 Å². The Labute approximate surface area is 127 Å². The Kier molecular flexibility index (Phi) is 4.99. The van der Waals surface area contributed by atoms with Gasteiger partial charge < -0.3 is 9.90 Å². The molecule has 1 N–H and O–H groups in total. The molecule has 0 aliphatic carbocycles. The first-order chi connectivity index (χ1) is 10.1. The Morgan fingerprint density at radius 3 is 2.81 bits per heavy atom. The van der Waals surface area contributed by atoms with E-state index < -0.39 is 5.97 Å². The second-order valence-corrected chi connectivity index (χ2v) is 4.90. The standard InChI is InChI=1S/C14H16N4O2S/c1-2-3-4-12-16-17-14(21)18(12)15-9-10-5-7-11(8-6-10)13(19)20/h5-9H,2-4H2,1H3,(H,17,21)(H,19,20)/p-1/b15-9-. The fourth-order valence-corrected chi connectivity index (χ4v) is 1.97. The maximum atomic E-state index is 10.7. The molecule has 21 heavy (non-hydrogen) atoms. The number of nitrogens with one attached hydrogen (secondary N) is 1. The Balaban J connectivity index is 2.19. The van der Waals surface area contributed by atoms with Crippen LogP contribution in [0.3, 0.4) is 0 Å². The fourth-order valence-electron chi connectivity index (χ4n) is 1.77. The summed E-state index contributed by atoms with van der Waals surface area (Å²) in [7, 11) is 0. The number of rotatable bonds is 6. The molecule has 0 unspecified atom stereocenters. The number of hydrogen-bond acceptors (Lipinski definition) is 5. The van der Waals surface area contributed by atoms with Gasteiger partial charge >= 0.3 is 0 Å². The van der Waals surface area contributed by atoms with E-state index in [1.807, 2.05) is 0 Å². The number of aryl methyl sites for hydroxylation is 1. The number of aromatic nitrogens is 3. The van der Waals surface area contributed by atoms with Crippen molar-refractivity contribution in [3.63, 3.8) is 0 Å². The Bertz CT molecular complexity index is 701. The summed E-state index contributed by atoms with van der Waals surface area (Å²) in [5.74, 6) is -0.415. The van der Waals surface area contributed by atoms with Crippen LogP contribution in [-0.4, -0.2) is 27.1 Å². The smallest absolute Gasteiger partial charge is 0.216 e. The van der Waals surface area contributed by atoms with Crippen LogP contribution in [0.5, 0.6) is 0 Å². The zero-order chi connectivity index (χ0) is 15.2. The Hall–Kier alpha value is -2.28. The van der Waals surface area contributed by atoms with Gasteiger partial charge in [-0.15, -0.1) is 0 Å². The molecule has 6 nitrogen and oxygen atoms in total. The molecule has 1 heterocycles. The quantitative estimate of drug-likeness (QED) is 0.647. The number of hydrogen-bond donors (Lipinski definition) is 1. The van der Waals surface area contributed by atoms with Crippen molar-refractivity contribution in [3.05, 3.63) is 46.0 Å². The predicted octanol–water partition coefficient (Wildman–Crippen LogP) is 1.53. The molecule has 7 heteroatoms. The highest BCUT2D eigenvalue weighted by atomic mass is 32.1. The summed E-state index contributed by atoms with van der Waals surface area (Å²) in [5, 5.41) is 21.8. The van der Waals surface area contributed by atoms with E-state index in [4.69, 9.17) is 12.2 Å². The molecule has 0 aliphatic heterocycles. The summed E-state index contributed by atoms with van der Waals surface area (Å²) in [6.07, 6.45) is 4.48. The van der Waals surface area contributed by atoms with Gasteiger partial charge in [-0.25, -0.2) is 0 Å². The first-order valence-corrected chi connectivity index (χ1v) is 7.04. The molecule has 0 bridgehead atoms. The molecule has 2 aromatic rings. The van der Waals surface area contributed by atoms with Gasteiger partial charge in [-0.3, -0.25) is 5.10 Å². The van der Waals surface area contributed by atoms with E-state index in [2.05, 4.69) is 22.2 Å². The number of unbranched alkanes of at least 4 members (excludes halogenated alkanes) is 1. The van der Waals surface area contributed by atoms with Gasteiger partial charge in [0.05, 0.1) is 12.2 Å². The van der Waals surface area contributed by atoms with Crippen LogP contribution in [0.15, 0.2) is 29.4 Å². The lowest BCUT2D eigenvalue weighted by atomic mass is 10.1. The number of carboxylic acids is 1. The highest BCUT2D eigenvalue weighted by Gasteiger charge is 2.03. The molecule has 0 radical (unpaired) electrons. The van der Waals surface area contributed by atoms with Crippen molar-refractivity contribution >= 4 is 24.4 Å². The van der Waals surface area contributed by atoms with Crippen molar-refractivity contribution in [1.29, 1.82) is 0 Å². The van der Waals surface area contributed by atoms with E-state index in [0.29, 0.717) is 4.77 Å². The van der Waals surface area contributed by atoms with Gasteiger partial charge in [0, 0.05) is 6.42 Å². The summed E-state index contributed by atoms with van der Waals surface area (Å²) >= 11 is 5.14. The van der Waals surface area contributed by atoms with Gasteiger partial charge in [0.1, 0.15) is 0 Å². The third-order valence-electron chi connectivity index (χ3n) is 2.94. The molecule has 2 rings (SSSR count). The first-order valence-electron chi connectivity index (χ1n) is 6.64. The number of carboxylic acid groups (broad SMARTS) is 1. The van der Waals surface area contributed by atoms with Crippen LogP contribution < -0.4 is 5.11 Å². The lowest BCUT2D eigenvalue weighted by Gasteiger charge is -2.02. The molecule has 0 fully saturated rings. The predicted molar refractivity (Wildman–Crippen MR) is 79.8 cm³/mol. The van der Waals surface area contributed by atoms with Crippen LogP contribution in [0.1, 0.15) is 41.5 Å². The second kappa shape index (κ2) is 6.94. The fraction of sp³-hybridized carbons (Fsp3) is 0.286. The Morgan fingerprint density at radius 1 is 1.48 bits per heavy atom. The van der Waals surface area contributed by atoms with Gasteiger partial charge in [0.15, 0.2) is 5.82 Å². The van der Waals surface area contributed by atoms with E-state index in [0.717, 1.165) is 30.7 Å². The van der Waals surface area contributed by atoms with Crippen LogP contribution >= 0.6 is 12.2 Å². The second-order valence-electron chi connectivity index (χ2n) is 4.51. The first kappa shape index (κ1) is 15.1. The third-order valence-corrected chi connectivity index (χ3v) is 3.20. The molecule has 0 amide bonds. The zero-order valence-corrected chi connectivity index (χ0v) is 12.4. The monoisotopic (exact) mass is 303 g/mol. The molecular formula is C14H15N4O2S-. The summed E-state index contributed by atoms with van der Waals surface area (Å²) in [5.41, 5.74) is 0.903. The van der Waals surface area contributed by atoms with Crippen LogP contribution in [0.25, 0.3) is 0 Å². The van der Waals surface area contributed by atoms with E-state index in [-0.39, 0.29) is 5.56 Å². The molecule has 1 aromatic heterocycles. The van der Waals surface area contributed by atoms with Gasteiger partial charge in [0.25, 0.3) is 0 Å². The maximum Gasteiger partial charge on any atom is 0.216 e. The normalized spacial score (nSPS) is 11.1. The maximum absolute atomic E-state index is 10.7. The summed E-state index contributed by atoms with van der Waals surface area (Å²) in [4.78, 5) is 10.7. The lowest BCUT2D eigenvalue weighted by molar-refractivity contribution is -0.255. The minimum Gasteiger partial charge on any atom is -0.545 e. The van der Waals surface area contributed by atoms with Gasteiger partial charge in [-0.1, -0.05) is 37.6 Å². The zero-order valence-electron chi connectivity index (χ0n) is 11.6. The minimum absolute atomic E-state index is 0.135. The molecule has 0 aliphatic rings. The number of carbonyl (C=O) groups is 1. The summed E-state index contributed by atoms with van der Waals surface area (Å²) < 4.78 is 2.01. The average molecular weight is 303 g/mol. The average Bonchev–Trinajstić information content (AvgIpc) is 2.83. The van der Waals surface area contributed by atoms with Crippen LogP contribution in [0, 0.1) is 4.77 Å². The van der Waals surface area contributed by atoms with Crippen molar-refractivity contribution in [2.45, 2.75) is 26.2 Å². The molecule has 0 saturated carbocycles. The molecule has 0 saturated heterocycles. The lowest BCUT2D eigenvalue weighted by Crippen LogP contribution is -2.21. The van der Waals surface area contributed by atoms with Crippen molar-refractivity contribution in [1.82, 2.24) is 14.9 Å². The van der Waals surface area contributed by atoms with Crippen molar-refractivity contribution in [3.8, 4) is 0 Å². The number of benzene rings is 1. The molecular weight excluding hydrogens is 288 g/mol. The number of H-pyrrole nitrogens is 1. The van der Waals surface area contributed by atoms with Gasteiger partial charge in [0.2, 0.25) is 4.77 Å².